The number of likely N-dealkylation sites (tertiary alicyclic amines) is 1. The minimum absolute atomic E-state index is 0.0689. The summed E-state index contributed by atoms with van der Waals surface area (Å²) in [4.78, 5) is 19.1. The van der Waals surface area contributed by atoms with Gasteiger partial charge in [-0.1, -0.05) is 13.8 Å². The minimum Gasteiger partial charge on any atom is -0.332 e. The Morgan fingerprint density at radius 1 is 1.63 bits per heavy atom. The number of nitrogens with one attached hydrogen (secondary N) is 1. The SMILES string of the molecule is CN[C@@H](CC(C)C)C(=O)N1CCC[C@H]1c1nccs1. The van der Waals surface area contributed by atoms with Crippen molar-refractivity contribution in [1.82, 2.24) is 15.2 Å². The summed E-state index contributed by atoms with van der Waals surface area (Å²) >= 11 is 1.65. The van der Waals surface area contributed by atoms with Crippen molar-refractivity contribution >= 4 is 17.2 Å². The van der Waals surface area contributed by atoms with E-state index in [0.29, 0.717) is 5.92 Å². The Bertz CT molecular complexity index is 405. The number of carbonyl (C=O) groups excluding carboxylic acids is 1. The van der Waals surface area contributed by atoms with Gasteiger partial charge in [0.25, 0.3) is 0 Å². The van der Waals surface area contributed by atoms with Crippen molar-refractivity contribution < 1.29 is 4.79 Å². The molecule has 1 saturated heterocycles. The summed E-state index contributed by atoms with van der Waals surface area (Å²) in [5.74, 6) is 0.746. The molecule has 19 heavy (non-hydrogen) atoms. The maximum atomic E-state index is 12.7. The number of likely N-dealkylation sites (N-methyl/N-ethyl adjacent to an activating group) is 1. The van der Waals surface area contributed by atoms with Crippen molar-refractivity contribution in [2.24, 2.45) is 5.92 Å². The van der Waals surface area contributed by atoms with Gasteiger partial charge in [0, 0.05) is 18.1 Å². The third-order valence-electron chi connectivity index (χ3n) is 3.63. The lowest BCUT2D eigenvalue weighted by Crippen LogP contribution is -2.45. The molecule has 1 aliphatic rings. The minimum atomic E-state index is -0.0689. The highest BCUT2D eigenvalue weighted by Crippen LogP contribution is 2.33. The van der Waals surface area contributed by atoms with E-state index in [4.69, 9.17) is 0 Å². The first-order valence-electron chi connectivity index (χ1n) is 7.00. The Morgan fingerprint density at radius 3 is 3.00 bits per heavy atom. The maximum absolute atomic E-state index is 12.7. The van der Waals surface area contributed by atoms with Crippen molar-refractivity contribution in [3.8, 4) is 0 Å². The highest BCUT2D eigenvalue weighted by Gasteiger charge is 2.34. The van der Waals surface area contributed by atoms with Crippen molar-refractivity contribution in [3.05, 3.63) is 16.6 Å². The van der Waals surface area contributed by atoms with Crippen molar-refractivity contribution in [2.45, 2.75) is 45.2 Å². The average Bonchev–Trinajstić information content (AvgIpc) is 3.03. The van der Waals surface area contributed by atoms with E-state index in [1.54, 1.807) is 11.3 Å². The van der Waals surface area contributed by atoms with Crippen LogP contribution >= 0.6 is 11.3 Å². The lowest BCUT2D eigenvalue weighted by atomic mass is 10.0. The van der Waals surface area contributed by atoms with E-state index in [9.17, 15) is 4.79 Å². The number of hydrogen-bond acceptors (Lipinski definition) is 4. The van der Waals surface area contributed by atoms with Crippen LogP contribution in [0, 0.1) is 5.92 Å². The van der Waals surface area contributed by atoms with Crippen LogP contribution in [0.1, 0.15) is 44.2 Å². The monoisotopic (exact) mass is 281 g/mol. The van der Waals surface area contributed by atoms with Gasteiger partial charge in [-0.05, 0) is 32.2 Å². The number of carbonyl (C=O) groups is 1. The molecule has 1 fully saturated rings. The van der Waals surface area contributed by atoms with E-state index in [-0.39, 0.29) is 18.0 Å². The maximum Gasteiger partial charge on any atom is 0.240 e. The second-order valence-corrected chi connectivity index (χ2v) is 6.46. The molecule has 2 heterocycles. The summed E-state index contributed by atoms with van der Waals surface area (Å²) in [6.07, 6.45) is 4.83. The van der Waals surface area contributed by atoms with Gasteiger partial charge < -0.3 is 10.2 Å². The largest absolute Gasteiger partial charge is 0.332 e. The van der Waals surface area contributed by atoms with Crippen LogP contribution < -0.4 is 5.32 Å². The molecule has 0 spiro atoms. The van der Waals surface area contributed by atoms with Crippen molar-refractivity contribution in [2.75, 3.05) is 13.6 Å². The highest BCUT2D eigenvalue weighted by atomic mass is 32.1. The predicted molar refractivity (Wildman–Crippen MR) is 78.1 cm³/mol. The topological polar surface area (TPSA) is 45.2 Å². The van der Waals surface area contributed by atoms with Crippen molar-refractivity contribution in [3.63, 3.8) is 0 Å². The normalized spacial score (nSPS) is 21.1. The van der Waals surface area contributed by atoms with Gasteiger partial charge in [0.15, 0.2) is 0 Å². The van der Waals surface area contributed by atoms with Gasteiger partial charge in [-0.25, -0.2) is 4.98 Å². The molecule has 106 valence electrons. The zero-order valence-electron chi connectivity index (χ0n) is 11.9. The molecule has 5 heteroatoms. The molecule has 1 amide bonds. The third-order valence-corrected chi connectivity index (χ3v) is 4.50. The van der Waals surface area contributed by atoms with Crippen molar-refractivity contribution in [1.29, 1.82) is 0 Å². The third kappa shape index (κ3) is 3.34. The summed E-state index contributed by atoms with van der Waals surface area (Å²) < 4.78 is 0. The number of thiazole rings is 1. The van der Waals surface area contributed by atoms with E-state index < -0.39 is 0 Å². The Morgan fingerprint density at radius 2 is 2.42 bits per heavy atom. The highest BCUT2D eigenvalue weighted by molar-refractivity contribution is 7.09. The lowest BCUT2D eigenvalue weighted by Gasteiger charge is -2.28. The summed E-state index contributed by atoms with van der Waals surface area (Å²) in [5, 5.41) is 6.23. The van der Waals surface area contributed by atoms with E-state index in [1.165, 1.54) is 0 Å². The Hall–Kier alpha value is -0.940. The zero-order chi connectivity index (χ0) is 13.8. The first kappa shape index (κ1) is 14.5. The molecule has 0 unspecified atom stereocenters. The first-order chi connectivity index (χ1) is 9.13. The van der Waals surface area contributed by atoms with Crippen LogP contribution in [0.5, 0.6) is 0 Å². The molecule has 0 radical (unpaired) electrons. The fourth-order valence-corrected chi connectivity index (χ4v) is 3.49. The molecule has 2 rings (SSSR count). The summed E-state index contributed by atoms with van der Waals surface area (Å²) in [7, 11) is 1.87. The van der Waals surface area contributed by atoms with Gasteiger partial charge >= 0.3 is 0 Å². The molecular weight excluding hydrogens is 258 g/mol. The molecule has 0 bridgehead atoms. The van der Waals surface area contributed by atoms with Crippen LogP contribution in [0.25, 0.3) is 0 Å². The molecule has 0 saturated carbocycles. The Balaban J connectivity index is 2.08. The number of nitrogens with zero attached hydrogens (tertiary/aromatic N) is 2. The van der Waals surface area contributed by atoms with Crippen LogP contribution in [0.2, 0.25) is 0 Å². The molecule has 2 atom stereocenters. The molecule has 4 nitrogen and oxygen atoms in total. The number of hydrogen-bond donors (Lipinski definition) is 1. The van der Waals surface area contributed by atoms with E-state index in [2.05, 4.69) is 24.1 Å². The van der Waals surface area contributed by atoms with Crippen LogP contribution in [0.3, 0.4) is 0 Å². The van der Waals surface area contributed by atoms with Gasteiger partial charge in [0.2, 0.25) is 5.91 Å². The number of amides is 1. The second-order valence-electron chi connectivity index (χ2n) is 5.53. The molecule has 0 aromatic carbocycles. The van der Waals surface area contributed by atoms with Crippen LogP contribution in [-0.4, -0.2) is 35.4 Å². The van der Waals surface area contributed by atoms with Gasteiger partial charge in [0.05, 0.1) is 12.1 Å². The molecule has 1 aromatic rings. The second kappa shape index (κ2) is 6.48. The quantitative estimate of drug-likeness (QED) is 0.901. The molecule has 1 aromatic heterocycles. The average molecular weight is 281 g/mol. The fourth-order valence-electron chi connectivity index (χ4n) is 2.70. The van der Waals surface area contributed by atoms with Crippen LogP contribution in [0.15, 0.2) is 11.6 Å². The van der Waals surface area contributed by atoms with Gasteiger partial charge in [-0.15, -0.1) is 11.3 Å². The van der Waals surface area contributed by atoms with Gasteiger partial charge in [-0.3, -0.25) is 4.79 Å². The Labute approximate surface area is 119 Å². The Kier molecular flexibility index (Phi) is 4.93. The standard InChI is InChI=1S/C14H23N3OS/c1-10(2)9-11(15-3)14(18)17-7-4-5-12(17)13-16-6-8-19-13/h6,8,10-12,15H,4-5,7,9H2,1-3H3/t11-,12-/m0/s1. The zero-order valence-corrected chi connectivity index (χ0v) is 12.7. The molecule has 1 N–H and O–H groups in total. The lowest BCUT2D eigenvalue weighted by molar-refractivity contribution is -0.134. The molecule has 0 aliphatic carbocycles. The molecule has 1 aliphatic heterocycles. The smallest absolute Gasteiger partial charge is 0.240 e. The van der Waals surface area contributed by atoms with Crippen LogP contribution in [0.4, 0.5) is 0 Å². The number of aromatic nitrogens is 1. The predicted octanol–water partition coefficient (Wildman–Crippen LogP) is 2.44. The number of rotatable bonds is 5. The summed E-state index contributed by atoms with van der Waals surface area (Å²) in [5.41, 5.74) is 0. The summed E-state index contributed by atoms with van der Waals surface area (Å²) in [6.45, 7) is 5.17. The van der Waals surface area contributed by atoms with Gasteiger partial charge in [-0.2, -0.15) is 0 Å². The van der Waals surface area contributed by atoms with Crippen LogP contribution in [-0.2, 0) is 4.79 Å². The first-order valence-corrected chi connectivity index (χ1v) is 7.88. The molecular formula is C14H23N3OS. The van der Waals surface area contributed by atoms with E-state index in [1.807, 2.05) is 23.5 Å². The van der Waals surface area contributed by atoms with E-state index >= 15 is 0 Å². The van der Waals surface area contributed by atoms with Gasteiger partial charge in [0.1, 0.15) is 5.01 Å². The summed E-state index contributed by atoms with van der Waals surface area (Å²) in [6, 6.07) is 0.121. The van der Waals surface area contributed by atoms with E-state index in [0.717, 1.165) is 30.8 Å². The fraction of sp³-hybridized carbons (Fsp3) is 0.714.